The summed E-state index contributed by atoms with van der Waals surface area (Å²) in [4.78, 5) is 15.4. The lowest BCUT2D eigenvalue weighted by Crippen LogP contribution is -2.29. The fourth-order valence-corrected chi connectivity index (χ4v) is 1.81. The molecule has 1 aromatic carbocycles. The van der Waals surface area contributed by atoms with Crippen LogP contribution in [0.2, 0.25) is 0 Å². The molecule has 2 rings (SSSR count). The Bertz CT molecular complexity index is 635. The summed E-state index contributed by atoms with van der Waals surface area (Å²) in [6.45, 7) is 4.94. The van der Waals surface area contributed by atoms with Gasteiger partial charge >= 0.3 is 5.97 Å². The highest BCUT2D eigenvalue weighted by Gasteiger charge is 2.31. The highest BCUT2D eigenvalue weighted by atomic mass is 19.1. The van der Waals surface area contributed by atoms with Gasteiger partial charge in [0.05, 0.1) is 5.69 Å². The highest BCUT2D eigenvalue weighted by Crippen LogP contribution is 2.27. The van der Waals surface area contributed by atoms with Crippen LogP contribution in [0, 0.1) is 12.7 Å². The molecule has 0 atom stereocenters. The average Bonchev–Trinajstić information content (AvgIpc) is 2.30. The number of fused-ring (bicyclic) bond motifs is 1. The van der Waals surface area contributed by atoms with Crippen LogP contribution in [-0.2, 0) is 10.2 Å². The molecule has 0 aliphatic carbocycles. The molecule has 94 valence electrons. The van der Waals surface area contributed by atoms with E-state index in [2.05, 4.69) is 4.98 Å². The third kappa shape index (κ3) is 1.83. The zero-order valence-electron chi connectivity index (χ0n) is 10.5. The van der Waals surface area contributed by atoms with Crippen LogP contribution < -0.4 is 0 Å². The molecule has 1 N–H and O–H groups in total. The topological polar surface area (TPSA) is 50.2 Å². The number of hydrogen-bond donors (Lipinski definition) is 1. The first-order valence-corrected chi connectivity index (χ1v) is 5.64. The Hall–Kier alpha value is -1.97. The summed E-state index contributed by atoms with van der Waals surface area (Å²) in [5.41, 5.74) is 0.275. The van der Waals surface area contributed by atoms with E-state index < -0.39 is 17.2 Å². The van der Waals surface area contributed by atoms with E-state index >= 15 is 0 Å². The minimum atomic E-state index is -1.14. The van der Waals surface area contributed by atoms with Gasteiger partial charge in [-0.3, -0.25) is 4.79 Å². The molecular formula is C14H14FNO2. The third-order valence-electron chi connectivity index (χ3n) is 3.17. The lowest BCUT2D eigenvalue weighted by atomic mass is 9.87. The summed E-state index contributed by atoms with van der Waals surface area (Å²) in [5, 5.41) is 9.90. The van der Waals surface area contributed by atoms with Crippen molar-refractivity contribution in [3.63, 3.8) is 0 Å². The van der Waals surface area contributed by atoms with Gasteiger partial charge in [0.1, 0.15) is 16.7 Å². The van der Waals surface area contributed by atoms with Gasteiger partial charge in [0.2, 0.25) is 0 Å². The van der Waals surface area contributed by atoms with E-state index in [4.69, 9.17) is 0 Å². The minimum absolute atomic E-state index is 0.224. The molecule has 0 aliphatic heterocycles. The summed E-state index contributed by atoms with van der Waals surface area (Å²) in [6, 6.07) is 6.43. The number of para-hydroxylation sites is 1. The summed E-state index contributed by atoms with van der Waals surface area (Å²) in [6.07, 6.45) is 0. The molecule has 0 fully saturated rings. The Balaban J connectivity index is 2.77. The van der Waals surface area contributed by atoms with Crippen molar-refractivity contribution < 1.29 is 14.3 Å². The van der Waals surface area contributed by atoms with Gasteiger partial charge in [-0.05, 0) is 38.5 Å². The number of hydrogen-bond acceptors (Lipinski definition) is 2. The van der Waals surface area contributed by atoms with Crippen molar-refractivity contribution >= 4 is 16.9 Å². The maximum Gasteiger partial charge on any atom is 0.315 e. The van der Waals surface area contributed by atoms with Gasteiger partial charge < -0.3 is 5.11 Å². The Morgan fingerprint density at radius 1 is 1.39 bits per heavy atom. The number of benzene rings is 1. The van der Waals surface area contributed by atoms with Crippen molar-refractivity contribution in [3.05, 3.63) is 41.3 Å². The fourth-order valence-electron chi connectivity index (χ4n) is 1.81. The van der Waals surface area contributed by atoms with Gasteiger partial charge in [0.25, 0.3) is 0 Å². The minimum Gasteiger partial charge on any atom is -0.481 e. The molecule has 0 unspecified atom stereocenters. The largest absolute Gasteiger partial charge is 0.481 e. The highest BCUT2D eigenvalue weighted by molar-refractivity contribution is 5.85. The van der Waals surface area contributed by atoms with Crippen LogP contribution in [0.25, 0.3) is 10.9 Å². The number of rotatable bonds is 2. The van der Waals surface area contributed by atoms with Gasteiger partial charge in [-0.25, -0.2) is 9.37 Å². The number of aromatic nitrogens is 1. The number of aryl methyl sites for hydroxylation is 1. The fraction of sp³-hybridized carbons (Fsp3) is 0.286. The first-order chi connectivity index (χ1) is 8.34. The maximum absolute atomic E-state index is 13.7. The van der Waals surface area contributed by atoms with E-state index in [-0.39, 0.29) is 5.52 Å². The summed E-state index contributed by atoms with van der Waals surface area (Å²) < 4.78 is 13.7. The van der Waals surface area contributed by atoms with Gasteiger partial charge in [-0.15, -0.1) is 0 Å². The lowest BCUT2D eigenvalue weighted by molar-refractivity contribution is -0.142. The van der Waals surface area contributed by atoms with Gasteiger partial charge in [0, 0.05) is 5.39 Å². The second kappa shape index (κ2) is 4.05. The lowest BCUT2D eigenvalue weighted by Gasteiger charge is -2.19. The van der Waals surface area contributed by atoms with E-state index in [1.807, 2.05) is 6.92 Å². The third-order valence-corrected chi connectivity index (χ3v) is 3.17. The molecule has 0 saturated heterocycles. The second-order valence-electron chi connectivity index (χ2n) is 4.89. The number of carboxylic acid groups (broad SMARTS) is 1. The van der Waals surface area contributed by atoms with Crippen molar-refractivity contribution in [3.8, 4) is 0 Å². The molecule has 1 heterocycles. The van der Waals surface area contributed by atoms with E-state index in [9.17, 15) is 14.3 Å². The van der Waals surface area contributed by atoms with Crippen LogP contribution in [-0.4, -0.2) is 16.1 Å². The van der Waals surface area contributed by atoms with Crippen LogP contribution in [0.5, 0.6) is 0 Å². The van der Waals surface area contributed by atoms with Gasteiger partial charge in [-0.1, -0.05) is 12.1 Å². The standard InChI is InChI=1S/C14H14FNO2/c1-8-7-11(14(2,3)13(17)18)16-12-9(8)5-4-6-10(12)15/h4-7H,1-3H3,(H,17,18). The van der Waals surface area contributed by atoms with E-state index in [1.165, 1.54) is 6.07 Å². The maximum atomic E-state index is 13.7. The summed E-state index contributed by atoms with van der Waals surface area (Å²) >= 11 is 0. The monoisotopic (exact) mass is 247 g/mol. The first-order valence-electron chi connectivity index (χ1n) is 5.64. The van der Waals surface area contributed by atoms with Crippen LogP contribution in [0.4, 0.5) is 4.39 Å². The molecular weight excluding hydrogens is 233 g/mol. The number of carbonyl (C=O) groups is 1. The molecule has 0 radical (unpaired) electrons. The van der Waals surface area contributed by atoms with Crippen molar-refractivity contribution in [2.24, 2.45) is 0 Å². The molecule has 0 bridgehead atoms. The number of aliphatic carboxylic acids is 1. The van der Waals surface area contributed by atoms with Crippen molar-refractivity contribution in [2.45, 2.75) is 26.2 Å². The van der Waals surface area contributed by atoms with Crippen molar-refractivity contribution in [1.82, 2.24) is 4.98 Å². The van der Waals surface area contributed by atoms with Crippen LogP contribution in [0.3, 0.4) is 0 Å². The summed E-state index contributed by atoms with van der Waals surface area (Å²) in [7, 11) is 0. The molecule has 1 aromatic heterocycles. The zero-order chi connectivity index (χ0) is 13.5. The number of pyridine rings is 1. The smallest absolute Gasteiger partial charge is 0.315 e. The number of nitrogens with zero attached hydrogens (tertiary/aromatic N) is 1. The first kappa shape index (κ1) is 12.5. The molecule has 2 aromatic rings. The molecule has 0 amide bonds. The van der Waals surface area contributed by atoms with E-state index in [0.29, 0.717) is 11.1 Å². The van der Waals surface area contributed by atoms with E-state index in [0.717, 1.165) is 5.56 Å². The zero-order valence-corrected chi connectivity index (χ0v) is 10.5. The van der Waals surface area contributed by atoms with Gasteiger partial charge in [0.15, 0.2) is 0 Å². The quantitative estimate of drug-likeness (QED) is 0.887. The van der Waals surface area contributed by atoms with Gasteiger partial charge in [-0.2, -0.15) is 0 Å². The summed E-state index contributed by atoms with van der Waals surface area (Å²) in [5.74, 6) is -1.41. The molecule has 3 nitrogen and oxygen atoms in total. The molecule has 0 aliphatic rings. The molecule has 4 heteroatoms. The van der Waals surface area contributed by atoms with Crippen LogP contribution in [0.1, 0.15) is 25.1 Å². The molecule has 0 saturated carbocycles. The Kier molecular flexibility index (Phi) is 2.81. The molecule has 0 spiro atoms. The normalized spacial score (nSPS) is 11.8. The van der Waals surface area contributed by atoms with Crippen molar-refractivity contribution in [2.75, 3.05) is 0 Å². The molecule has 18 heavy (non-hydrogen) atoms. The Morgan fingerprint density at radius 2 is 2.06 bits per heavy atom. The predicted molar refractivity (Wildman–Crippen MR) is 67.1 cm³/mol. The number of halogens is 1. The SMILES string of the molecule is Cc1cc(C(C)(C)C(=O)O)nc2c(F)cccc12. The predicted octanol–water partition coefficient (Wildman–Crippen LogP) is 3.04. The second-order valence-corrected chi connectivity index (χ2v) is 4.89. The Labute approximate surface area is 104 Å². The number of carboxylic acids is 1. The van der Waals surface area contributed by atoms with E-state index in [1.54, 1.807) is 32.0 Å². The van der Waals surface area contributed by atoms with Crippen molar-refractivity contribution in [1.29, 1.82) is 0 Å². The van der Waals surface area contributed by atoms with Crippen LogP contribution >= 0.6 is 0 Å². The Morgan fingerprint density at radius 3 is 2.67 bits per heavy atom. The van der Waals surface area contributed by atoms with Crippen LogP contribution in [0.15, 0.2) is 24.3 Å². The average molecular weight is 247 g/mol.